The van der Waals surface area contributed by atoms with Gasteiger partial charge in [0.1, 0.15) is 11.9 Å². The molecule has 1 aliphatic heterocycles. The van der Waals surface area contributed by atoms with Crippen molar-refractivity contribution >= 4 is 15.9 Å². The highest BCUT2D eigenvalue weighted by atomic mass is 32.2. The summed E-state index contributed by atoms with van der Waals surface area (Å²) in [5.41, 5.74) is 1.72. The van der Waals surface area contributed by atoms with Crippen molar-refractivity contribution in [2.45, 2.75) is 24.9 Å². The topological polar surface area (TPSA) is 66.9 Å². The lowest BCUT2D eigenvalue weighted by atomic mass is 10.1. The largest absolute Gasteiger partial charge is 0.497 e. The van der Waals surface area contributed by atoms with Gasteiger partial charge in [0.05, 0.1) is 12.0 Å². The molecule has 0 spiro atoms. The van der Waals surface area contributed by atoms with Gasteiger partial charge in [-0.15, -0.1) is 0 Å². The summed E-state index contributed by atoms with van der Waals surface area (Å²) in [6, 6.07) is 13.9. The molecule has 0 bridgehead atoms. The van der Waals surface area contributed by atoms with E-state index in [1.165, 1.54) is 11.2 Å². The van der Waals surface area contributed by atoms with Gasteiger partial charge >= 0.3 is 0 Å². The van der Waals surface area contributed by atoms with Crippen LogP contribution in [0.3, 0.4) is 0 Å². The number of nitrogens with zero attached hydrogens (tertiary/aromatic N) is 2. The molecule has 1 fully saturated rings. The Morgan fingerprint density at radius 3 is 2.19 bits per heavy atom. The number of sulfonamides is 1. The number of carbonyl (C=O) groups is 1. The molecule has 1 aliphatic rings. The molecule has 0 N–H and O–H groups in total. The molecule has 0 radical (unpaired) electrons. The summed E-state index contributed by atoms with van der Waals surface area (Å²) in [5, 5.41) is 0. The highest BCUT2D eigenvalue weighted by Crippen LogP contribution is 2.35. The summed E-state index contributed by atoms with van der Waals surface area (Å²) < 4.78 is 32.9. The number of benzene rings is 2. The molecular formula is C19H22N2O4S. The number of aryl methyl sites for hydroxylation is 1. The first-order valence-electron chi connectivity index (χ1n) is 8.34. The molecule has 0 aliphatic carbocycles. The van der Waals surface area contributed by atoms with Gasteiger partial charge in [0, 0.05) is 20.0 Å². The van der Waals surface area contributed by atoms with Gasteiger partial charge in [0.2, 0.25) is 15.9 Å². The third-order valence-corrected chi connectivity index (χ3v) is 6.44. The lowest BCUT2D eigenvalue weighted by Gasteiger charge is -2.29. The molecule has 1 saturated heterocycles. The maximum Gasteiger partial charge on any atom is 0.245 e. The molecule has 1 amide bonds. The second kappa shape index (κ2) is 7.09. The monoisotopic (exact) mass is 374 g/mol. The minimum Gasteiger partial charge on any atom is -0.497 e. The molecular weight excluding hydrogens is 352 g/mol. The fourth-order valence-corrected chi connectivity index (χ4v) is 4.73. The molecule has 138 valence electrons. The molecule has 0 aromatic heterocycles. The maximum atomic E-state index is 13.2. The highest BCUT2D eigenvalue weighted by molar-refractivity contribution is 7.89. The van der Waals surface area contributed by atoms with Crippen molar-refractivity contribution in [1.29, 1.82) is 0 Å². The lowest BCUT2D eigenvalue weighted by Crippen LogP contribution is -2.37. The predicted octanol–water partition coefficient (Wildman–Crippen LogP) is 2.56. The van der Waals surface area contributed by atoms with Crippen molar-refractivity contribution < 1.29 is 17.9 Å². The summed E-state index contributed by atoms with van der Waals surface area (Å²) in [5.74, 6) is 0.515. The summed E-state index contributed by atoms with van der Waals surface area (Å²) >= 11 is 0. The minimum atomic E-state index is -3.73. The summed E-state index contributed by atoms with van der Waals surface area (Å²) in [7, 11) is -2.16. The summed E-state index contributed by atoms with van der Waals surface area (Å²) in [6.07, 6.45) is -0.662. The van der Waals surface area contributed by atoms with Gasteiger partial charge in [-0.25, -0.2) is 8.42 Å². The number of carbonyl (C=O) groups excluding carboxylic acids is 1. The molecule has 0 saturated carbocycles. The molecule has 1 atom stereocenters. The van der Waals surface area contributed by atoms with Gasteiger partial charge < -0.3 is 9.64 Å². The Morgan fingerprint density at radius 2 is 1.65 bits per heavy atom. The molecule has 2 aromatic rings. The van der Waals surface area contributed by atoms with Crippen molar-refractivity contribution in [1.82, 2.24) is 9.21 Å². The van der Waals surface area contributed by atoms with Crippen LogP contribution < -0.4 is 4.74 Å². The molecule has 7 heteroatoms. The Labute approximate surface area is 154 Å². The Morgan fingerprint density at radius 1 is 1.04 bits per heavy atom. The maximum absolute atomic E-state index is 13.2. The molecule has 1 heterocycles. The number of methoxy groups -OCH3 is 1. The zero-order valence-electron chi connectivity index (χ0n) is 15.0. The van der Waals surface area contributed by atoms with E-state index < -0.39 is 16.2 Å². The van der Waals surface area contributed by atoms with Crippen LogP contribution >= 0.6 is 0 Å². The quantitative estimate of drug-likeness (QED) is 0.825. The van der Waals surface area contributed by atoms with E-state index in [-0.39, 0.29) is 17.3 Å². The van der Waals surface area contributed by atoms with Gasteiger partial charge in [0.15, 0.2) is 0 Å². The van der Waals surface area contributed by atoms with Gasteiger partial charge in [-0.2, -0.15) is 4.31 Å². The Bertz CT molecular complexity index is 892. The van der Waals surface area contributed by atoms with Crippen LogP contribution in [0, 0.1) is 6.92 Å². The normalized spacial score (nSPS) is 18.1. The van der Waals surface area contributed by atoms with Crippen molar-refractivity contribution in [2.24, 2.45) is 0 Å². The van der Waals surface area contributed by atoms with Crippen LogP contribution in [0.1, 0.15) is 24.2 Å². The van der Waals surface area contributed by atoms with Crippen molar-refractivity contribution in [3.8, 4) is 5.75 Å². The number of hydrogen-bond acceptors (Lipinski definition) is 4. The van der Waals surface area contributed by atoms with Crippen LogP contribution in [-0.4, -0.2) is 43.7 Å². The SMILES string of the molecule is COc1ccc([C@H]2N(C(C)=O)CCN2S(=O)(=O)c2ccc(C)cc2)cc1. The first kappa shape index (κ1) is 18.4. The van der Waals surface area contributed by atoms with Crippen LogP contribution in [-0.2, 0) is 14.8 Å². The van der Waals surface area contributed by atoms with Crippen LogP contribution in [0.15, 0.2) is 53.4 Å². The second-order valence-electron chi connectivity index (χ2n) is 6.29. The van der Waals surface area contributed by atoms with E-state index >= 15 is 0 Å². The highest BCUT2D eigenvalue weighted by Gasteiger charge is 2.42. The molecule has 2 aromatic carbocycles. The van der Waals surface area contributed by atoms with E-state index in [1.807, 2.05) is 6.92 Å². The van der Waals surface area contributed by atoms with E-state index in [9.17, 15) is 13.2 Å². The zero-order valence-corrected chi connectivity index (χ0v) is 15.9. The lowest BCUT2D eigenvalue weighted by molar-refractivity contribution is -0.130. The number of amides is 1. The first-order valence-corrected chi connectivity index (χ1v) is 9.78. The van der Waals surface area contributed by atoms with E-state index in [0.717, 1.165) is 11.1 Å². The van der Waals surface area contributed by atoms with Gasteiger partial charge in [-0.3, -0.25) is 4.79 Å². The fourth-order valence-electron chi connectivity index (χ4n) is 3.16. The van der Waals surface area contributed by atoms with Crippen LogP contribution in [0.25, 0.3) is 0 Å². The van der Waals surface area contributed by atoms with E-state index in [0.29, 0.717) is 12.3 Å². The summed E-state index contributed by atoms with van der Waals surface area (Å²) in [4.78, 5) is 13.9. The van der Waals surface area contributed by atoms with E-state index in [2.05, 4.69) is 0 Å². The standard InChI is InChI=1S/C19H22N2O4S/c1-14-4-10-18(11-5-14)26(23,24)21-13-12-20(15(2)22)19(21)16-6-8-17(25-3)9-7-16/h4-11,19H,12-13H2,1-3H3/t19-/m0/s1. The molecule has 6 nitrogen and oxygen atoms in total. The van der Waals surface area contributed by atoms with Crippen LogP contribution in [0.4, 0.5) is 0 Å². The van der Waals surface area contributed by atoms with Crippen LogP contribution in [0.5, 0.6) is 5.75 Å². The number of ether oxygens (including phenoxy) is 1. The zero-order chi connectivity index (χ0) is 18.9. The smallest absolute Gasteiger partial charge is 0.245 e. The molecule has 3 rings (SSSR count). The Kier molecular flexibility index (Phi) is 5.02. The Hall–Kier alpha value is -2.38. The number of rotatable bonds is 4. The average Bonchev–Trinajstić information content (AvgIpc) is 3.08. The number of hydrogen-bond donors (Lipinski definition) is 0. The second-order valence-corrected chi connectivity index (χ2v) is 8.18. The molecule has 0 unspecified atom stereocenters. The first-order chi connectivity index (χ1) is 12.3. The average molecular weight is 374 g/mol. The van der Waals surface area contributed by atoms with Crippen molar-refractivity contribution in [2.75, 3.05) is 20.2 Å². The fraction of sp³-hybridized carbons (Fsp3) is 0.316. The van der Waals surface area contributed by atoms with Gasteiger partial charge in [0.25, 0.3) is 0 Å². The summed E-state index contributed by atoms with van der Waals surface area (Å²) in [6.45, 7) is 3.98. The van der Waals surface area contributed by atoms with Crippen molar-refractivity contribution in [3.05, 3.63) is 59.7 Å². The predicted molar refractivity (Wildman–Crippen MR) is 98.2 cm³/mol. The van der Waals surface area contributed by atoms with Gasteiger partial charge in [-0.1, -0.05) is 29.8 Å². The molecule has 26 heavy (non-hydrogen) atoms. The van der Waals surface area contributed by atoms with Crippen molar-refractivity contribution in [3.63, 3.8) is 0 Å². The third-order valence-electron chi connectivity index (χ3n) is 4.58. The minimum absolute atomic E-state index is 0.160. The van der Waals surface area contributed by atoms with E-state index in [4.69, 9.17) is 4.74 Å². The Balaban J connectivity index is 2.03. The van der Waals surface area contributed by atoms with E-state index in [1.54, 1.807) is 60.5 Å². The van der Waals surface area contributed by atoms with Gasteiger partial charge in [-0.05, 0) is 36.8 Å². The van der Waals surface area contributed by atoms with Crippen LogP contribution in [0.2, 0.25) is 0 Å². The third kappa shape index (κ3) is 3.32.